The van der Waals surface area contributed by atoms with E-state index in [1.807, 2.05) is 0 Å². The van der Waals surface area contributed by atoms with E-state index >= 15 is 0 Å². The van der Waals surface area contributed by atoms with Crippen molar-refractivity contribution in [3.8, 4) is 0 Å². The Hall–Kier alpha value is -0.0400. The Morgan fingerprint density at radius 1 is 1.42 bits per heavy atom. The Bertz CT molecular complexity index is 166. The van der Waals surface area contributed by atoms with Gasteiger partial charge in [0.25, 0.3) is 0 Å². The Balaban J connectivity index is 1.93. The van der Waals surface area contributed by atoms with Gasteiger partial charge in [0.1, 0.15) is 0 Å². The third-order valence-corrected chi connectivity index (χ3v) is 4.19. The first kappa shape index (κ1) is 8.55. The van der Waals surface area contributed by atoms with E-state index in [9.17, 15) is 0 Å². The van der Waals surface area contributed by atoms with Gasteiger partial charge in [0.2, 0.25) is 0 Å². The van der Waals surface area contributed by atoms with E-state index in [0.717, 1.165) is 18.3 Å². The molecule has 2 aliphatic carbocycles. The lowest BCUT2D eigenvalue weighted by Crippen LogP contribution is -2.24. The highest BCUT2D eigenvalue weighted by atomic mass is 16.2. The molecule has 3 atom stereocenters. The quantitative estimate of drug-likeness (QED) is 0.686. The second-order valence-electron chi connectivity index (χ2n) is 5.06. The Morgan fingerprint density at radius 3 is 2.75 bits per heavy atom. The van der Waals surface area contributed by atoms with Crippen LogP contribution in [0.5, 0.6) is 0 Å². The average molecular weight is 168 g/mol. The molecule has 2 rings (SSSR count). The van der Waals surface area contributed by atoms with E-state index in [1.54, 1.807) is 0 Å². The van der Waals surface area contributed by atoms with Crippen molar-refractivity contribution < 1.29 is 5.11 Å². The number of hydrogen-bond donors (Lipinski definition) is 1. The molecule has 0 aromatic heterocycles. The molecule has 70 valence electrons. The van der Waals surface area contributed by atoms with Gasteiger partial charge in [0, 0.05) is 6.61 Å². The predicted octanol–water partition coefficient (Wildman–Crippen LogP) is 2.59. The average Bonchev–Trinajstić information content (AvgIpc) is 2.60. The van der Waals surface area contributed by atoms with Crippen LogP contribution in [0.2, 0.25) is 0 Å². The van der Waals surface area contributed by atoms with Gasteiger partial charge in [-0.05, 0) is 49.4 Å². The van der Waals surface area contributed by atoms with E-state index in [0.29, 0.717) is 12.0 Å². The Labute approximate surface area is 75.2 Å². The fourth-order valence-corrected chi connectivity index (χ4v) is 3.51. The summed E-state index contributed by atoms with van der Waals surface area (Å²) < 4.78 is 0. The van der Waals surface area contributed by atoms with Gasteiger partial charge >= 0.3 is 0 Å². The molecule has 0 saturated heterocycles. The van der Waals surface area contributed by atoms with E-state index < -0.39 is 0 Å². The molecule has 12 heavy (non-hydrogen) atoms. The molecular formula is C11H20O. The van der Waals surface area contributed by atoms with Crippen LogP contribution in [-0.4, -0.2) is 11.7 Å². The molecule has 0 amide bonds. The van der Waals surface area contributed by atoms with E-state index in [2.05, 4.69) is 6.92 Å². The van der Waals surface area contributed by atoms with Gasteiger partial charge < -0.3 is 5.11 Å². The SMILES string of the molecule is CC1(CCCO)CC2CCC1C2. The largest absolute Gasteiger partial charge is 0.396 e. The van der Waals surface area contributed by atoms with Crippen molar-refractivity contribution in [2.75, 3.05) is 6.61 Å². The van der Waals surface area contributed by atoms with Crippen molar-refractivity contribution in [3.05, 3.63) is 0 Å². The summed E-state index contributed by atoms with van der Waals surface area (Å²) in [5, 5.41) is 8.81. The number of rotatable bonds is 3. The summed E-state index contributed by atoms with van der Waals surface area (Å²) in [6.45, 7) is 2.82. The lowest BCUT2D eigenvalue weighted by atomic mass is 9.72. The summed E-state index contributed by atoms with van der Waals surface area (Å²) in [6, 6.07) is 0. The molecule has 2 bridgehead atoms. The third kappa shape index (κ3) is 1.28. The second-order valence-corrected chi connectivity index (χ2v) is 5.06. The smallest absolute Gasteiger partial charge is 0.0431 e. The van der Waals surface area contributed by atoms with Crippen molar-refractivity contribution in [2.24, 2.45) is 17.3 Å². The highest BCUT2D eigenvalue weighted by molar-refractivity contribution is 4.97. The van der Waals surface area contributed by atoms with E-state index in [4.69, 9.17) is 5.11 Å². The molecule has 2 fully saturated rings. The van der Waals surface area contributed by atoms with Crippen LogP contribution in [0.4, 0.5) is 0 Å². The fraction of sp³-hybridized carbons (Fsp3) is 1.00. The van der Waals surface area contributed by atoms with Crippen molar-refractivity contribution in [1.82, 2.24) is 0 Å². The predicted molar refractivity (Wildman–Crippen MR) is 49.9 cm³/mol. The molecule has 0 aromatic rings. The van der Waals surface area contributed by atoms with Crippen molar-refractivity contribution >= 4 is 0 Å². The van der Waals surface area contributed by atoms with Gasteiger partial charge in [-0.25, -0.2) is 0 Å². The molecule has 1 heteroatoms. The minimum atomic E-state index is 0.382. The maximum absolute atomic E-state index is 8.81. The van der Waals surface area contributed by atoms with Gasteiger partial charge in [0.15, 0.2) is 0 Å². The Morgan fingerprint density at radius 2 is 2.25 bits per heavy atom. The maximum atomic E-state index is 8.81. The monoisotopic (exact) mass is 168 g/mol. The van der Waals surface area contributed by atoms with Crippen LogP contribution in [0.25, 0.3) is 0 Å². The summed E-state index contributed by atoms with van der Waals surface area (Å²) in [6.07, 6.45) is 8.15. The lowest BCUT2D eigenvalue weighted by Gasteiger charge is -2.33. The summed E-state index contributed by atoms with van der Waals surface area (Å²) in [7, 11) is 0. The van der Waals surface area contributed by atoms with Crippen molar-refractivity contribution in [3.63, 3.8) is 0 Å². The summed E-state index contributed by atoms with van der Waals surface area (Å²) in [5.41, 5.74) is 0.603. The molecule has 1 nitrogen and oxygen atoms in total. The zero-order valence-corrected chi connectivity index (χ0v) is 8.05. The van der Waals surface area contributed by atoms with Crippen LogP contribution in [0.15, 0.2) is 0 Å². The van der Waals surface area contributed by atoms with Gasteiger partial charge in [-0.1, -0.05) is 13.3 Å². The topological polar surface area (TPSA) is 20.2 Å². The number of aliphatic hydroxyl groups is 1. The molecular weight excluding hydrogens is 148 g/mol. The highest BCUT2D eigenvalue weighted by Crippen LogP contribution is 2.57. The van der Waals surface area contributed by atoms with Crippen LogP contribution in [0, 0.1) is 17.3 Å². The molecule has 2 aliphatic rings. The van der Waals surface area contributed by atoms with Gasteiger partial charge in [-0.3, -0.25) is 0 Å². The molecule has 0 radical (unpaired) electrons. The van der Waals surface area contributed by atoms with E-state index in [-0.39, 0.29) is 0 Å². The number of aliphatic hydroxyl groups excluding tert-OH is 1. The number of fused-ring (bicyclic) bond motifs is 2. The first-order valence-corrected chi connectivity index (χ1v) is 5.35. The zero-order chi connectivity index (χ0) is 8.60. The Kier molecular flexibility index (Phi) is 2.16. The molecule has 0 aliphatic heterocycles. The summed E-state index contributed by atoms with van der Waals surface area (Å²) in [5.74, 6) is 2.03. The van der Waals surface area contributed by atoms with Crippen molar-refractivity contribution in [1.29, 1.82) is 0 Å². The van der Waals surface area contributed by atoms with Gasteiger partial charge in [0.05, 0.1) is 0 Å². The molecule has 1 N–H and O–H groups in total. The molecule has 2 saturated carbocycles. The van der Waals surface area contributed by atoms with Gasteiger partial charge in [-0.15, -0.1) is 0 Å². The first-order valence-electron chi connectivity index (χ1n) is 5.35. The van der Waals surface area contributed by atoms with Crippen LogP contribution in [-0.2, 0) is 0 Å². The third-order valence-electron chi connectivity index (χ3n) is 4.19. The molecule has 3 unspecified atom stereocenters. The standard InChI is InChI=1S/C11H20O/c1-11(5-2-6-12)8-9-3-4-10(11)7-9/h9-10,12H,2-8H2,1H3. The van der Waals surface area contributed by atoms with Crippen LogP contribution in [0.3, 0.4) is 0 Å². The summed E-state index contributed by atoms with van der Waals surface area (Å²) >= 11 is 0. The second kappa shape index (κ2) is 3.02. The van der Waals surface area contributed by atoms with Crippen LogP contribution >= 0.6 is 0 Å². The minimum Gasteiger partial charge on any atom is -0.396 e. The lowest BCUT2D eigenvalue weighted by molar-refractivity contribution is 0.152. The molecule has 0 spiro atoms. The molecule has 0 aromatic carbocycles. The first-order chi connectivity index (χ1) is 5.74. The fourth-order valence-electron chi connectivity index (χ4n) is 3.51. The van der Waals surface area contributed by atoms with Crippen LogP contribution < -0.4 is 0 Å². The zero-order valence-electron chi connectivity index (χ0n) is 8.05. The summed E-state index contributed by atoms with van der Waals surface area (Å²) in [4.78, 5) is 0. The van der Waals surface area contributed by atoms with Crippen molar-refractivity contribution in [2.45, 2.75) is 45.4 Å². The van der Waals surface area contributed by atoms with E-state index in [1.165, 1.54) is 32.1 Å². The number of hydrogen-bond acceptors (Lipinski definition) is 1. The molecule has 0 heterocycles. The minimum absolute atomic E-state index is 0.382. The van der Waals surface area contributed by atoms with Gasteiger partial charge in [-0.2, -0.15) is 0 Å². The van der Waals surface area contributed by atoms with Crippen LogP contribution in [0.1, 0.15) is 45.4 Å². The normalized spacial score (nSPS) is 45.5. The maximum Gasteiger partial charge on any atom is 0.0431 e. The highest BCUT2D eigenvalue weighted by Gasteiger charge is 2.46.